The van der Waals surface area contributed by atoms with Crippen molar-refractivity contribution >= 4 is 21.7 Å². The van der Waals surface area contributed by atoms with E-state index in [0.717, 1.165) is 37.8 Å². The maximum Gasteiger partial charge on any atom is 0.240 e. The average molecular weight is 424 g/mol. The van der Waals surface area contributed by atoms with Crippen molar-refractivity contribution in [2.24, 2.45) is 0 Å². The zero-order valence-corrected chi connectivity index (χ0v) is 17.4. The molecule has 0 unspecified atom stereocenters. The van der Waals surface area contributed by atoms with Gasteiger partial charge in [-0.1, -0.05) is 0 Å². The van der Waals surface area contributed by atoms with Crippen LogP contribution in [0.3, 0.4) is 0 Å². The van der Waals surface area contributed by atoms with E-state index in [4.69, 9.17) is 4.74 Å². The van der Waals surface area contributed by atoms with Gasteiger partial charge in [0.05, 0.1) is 12.0 Å². The van der Waals surface area contributed by atoms with Gasteiger partial charge >= 0.3 is 0 Å². The molecule has 1 fully saturated rings. The molecule has 158 valence electrons. The molecular weight excluding hydrogens is 397 g/mol. The molecule has 0 amide bonds. The molecule has 1 aromatic heterocycles. The molecule has 1 saturated heterocycles. The second-order valence-corrected chi connectivity index (χ2v) is 8.59. The summed E-state index contributed by atoms with van der Waals surface area (Å²) in [6.07, 6.45) is 3.54. The van der Waals surface area contributed by atoms with E-state index < -0.39 is 15.8 Å². The van der Waals surface area contributed by atoms with E-state index >= 15 is 0 Å². The van der Waals surface area contributed by atoms with Crippen molar-refractivity contribution in [3.8, 4) is 5.75 Å². The Labute approximate surface area is 170 Å². The summed E-state index contributed by atoms with van der Waals surface area (Å²) in [4.78, 5) is 11.0. The Kier molecular flexibility index (Phi) is 6.86. The fourth-order valence-corrected chi connectivity index (χ4v) is 4.24. The summed E-state index contributed by atoms with van der Waals surface area (Å²) in [6.45, 7) is 4.24. The van der Waals surface area contributed by atoms with Gasteiger partial charge < -0.3 is 15.0 Å². The smallest absolute Gasteiger partial charge is 0.240 e. The number of nitrogens with one attached hydrogen (secondary N) is 2. The van der Waals surface area contributed by atoms with Crippen LogP contribution in [0.2, 0.25) is 0 Å². The number of methoxy groups -OCH3 is 1. The van der Waals surface area contributed by atoms with Gasteiger partial charge in [0.15, 0.2) is 11.6 Å². The Morgan fingerprint density at radius 2 is 1.90 bits per heavy atom. The van der Waals surface area contributed by atoms with Crippen molar-refractivity contribution in [2.75, 3.05) is 43.5 Å². The minimum absolute atomic E-state index is 0.00532. The Morgan fingerprint density at radius 3 is 2.59 bits per heavy atom. The number of aryl methyl sites for hydroxylation is 1. The topological polar surface area (TPSA) is 96.5 Å². The van der Waals surface area contributed by atoms with Gasteiger partial charge in [-0.25, -0.2) is 27.5 Å². The molecule has 2 aromatic rings. The van der Waals surface area contributed by atoms with Crippen LogP contribution in [-0.2, 0) is 10.0 Å². The monoisotopic (exact) mass is 423 g/mol. The number of halogens is 1. The normalized spacial score (nSPS) is 14.7. The van der Waals surface area contributed by atoms with Crippen LogP contribution in [0.1, 0.15) is 25.1 Å². The van der Waals surface area contributed by atoms with Crippen LogP contribution in [0.5, 0.6) is 5.75 Å². The predicted octanol–water partition coefficient (Wildman–Crippen LogP) is 2.31. The third kappa shape index (κ3) is 5.54. The Morgan fingerprint density at radius 1 is 1.14 bits per heavy atom. The maximum atomic E-state index is 13.8. The first-order chi connectivity index (χ1) is 13.9. The lowest BCUT2D eigenvalue weighted by molar-refractivity contribution is 0.385. The number of anilines is 2. The summed E-state index contributed by atoms with van der Waals surface area (Å²) >= 11 is 0. The fraction of sp³-hybridized carbons (Fsp3) is 0.474. The molecule has 0 radical (unpaired) electrons. The van der Waals surface area contributed by atoms with Crippen molar-refractivity contribution in [3.05, 3.63) is 35.9 Å². The summed E-state index contributed by atoms with van der Waals surface area (Å²) in [6, 6.07) is 5.41. The SMILES string of the molecule is COc1ccc(S(=O)(=O)NCCNc2cc(N3CCCCC3)nc(C)n2)cc1F. The van der Waals surface area contributed by atoms with Crippen LogP contribution < -0.4 is 19.7 Å². The van der Waals surface area contributed by atoms with Gasteiger partial charge in [-0.05, 0) is 44.4 Å². The van der Waals surface area contributed by atoms with Crippen LogP contribution in [0.4, 0.5) is 16.0 Å². The highest BCUT2D eigenvalue weighted by Gasteiger charge is 2.17. The lowest BCUT2D eigenvalue weighted by Gasteiger charge is -2.28. The second kappa shape index (κ2) is 9.36. The van der Waals surface area contributed by atoms with Gasteiger partial charge in [0.2, 0.25) is 10.0 Å². The van der Waals surface area contributed by atoms with Crippen molar-refractivity contribution < 1.29 is 17.5 Å². The molecule has 0 saturated carbocycles. The van der Waals surface area contributed by atoms with Gasteiger partial charge in [0.25, 0.3) is 0 Å². The quantitative estimate of drug-likeness (QED) is 0.629. The molecule has 2 N–H and O–H groups in total. The van der Waals surface area contributed by atoms with E-state index in [2.05, 4.69) is 24.9 Å². The van der Waals surface area contributed by atoms with E-state index in [0.29, 0.717) is 18.2 Å². The summed E-state index contributed by atoms with van der Waals surface area (Å²) in [7, 11) is -2.50. The van der Waals surface area contributed by atoms with Crippen LogP contribution in [0, 0.1) is 12.7 Å². The highest BCUT2D eigenvalue weighted by Crippen LogP contribution is 2.21. The molecule has 3 rings (SSSR count). The van der Waals surface area contributed by atoms with Crippen LogP contribution in [-0.4, -0.2) is 51.7 Å². The fourth-order valence-electron chi connectivity index (χ4n) is 3.20. The number of hydrogen-bond acceptors (Lipinski definition) is 7. The van der Waals surface area contributed by atoms with Crippen molar-refractivity contribution in [3.63, 3.8) is 0 Å². The number of piperidine rings is 1. The van der Waals surface area contributed by atoms with Crippen molar-refractivity contribution in [1.29, 1.82) is 0 Å². The third-order valence-corrected chi connectivity index (χ3v) is 6.12. The molecule has 2 heterocycles. The number of rotatable bonds is 8. The van der Waals surface area contributed by atoms with E-state index in [-0.39, 0.29) is 17.2 Å². The zero-order chi connectivity index (χ0) is 20.9. The van der Waals surface area contributed by atoms with E-state index in [1.54, 1.807) is 0 Å². The maximum absolute atomic E-state index is 13.8. The minimum atomic E-state index is -3.82. The summed E-state index contributed by atoms with van der Waals surface area (Å²) in [5.74, 6) is 1.45. The molecule has 0 bridgehead atoms. The molecule has 8 nitrogen and oxygen atoms in total. The largest absolute Gasteiger partial charge is 0.494 e. The molecule has 1 aliphatic heterocycles. The molecular formula is C19H26FN5O3S. The molecule has 29 heavy (non-hydrogen) atoms. The van der Waals surface area contributed by atoms with Gasteiger partial charge in [0.1, 0.15) is 17.5 Å². The molecule has 0 atom stereocenters. The molecule has 0 spiro atoms. The Balaban J connectivity index is 1.57. The zero-order valence-electron chi connectivity index (χ0n) is 16.6. The molecule has 10 heteroatoms. The summed E-state index contributed by atoms with van der Waals surface area (Å²) in [5.41, 5.74) is 0. The van der Waals surface area contributed by atoms with E-state index in [1.807, 2.05) is 13.0 Å². The van der Waals surface area contributed by atoms with Crippen LogP contribution >= 0.6 is 0 Å². The lowest BCUT2D eigenvalue weighted by Crippen LogP contribution is -2.31. The standard InChI is InChI=1S/C19H26FN5O3S/c1-14-23-18(13-19(24-14)25-10-4-3-5-11-25)21-8-9-22-29(26,27)15-6-7-17(28-2)16(20)12-15/h6-7,12-13,22H,3-5,8-11H2,1-2H3,(H,21,23,24). The third-order valence-electron chi connectivity index (χ3n) is 4.66. The van der Waals surface area contributed by atoms with E-state index in [1.165, 1.54) is 25.7 Å². The lowest BCUT2D eigenvalue weighted by atomic mass is 10.1. The minimum Gasteiger partial charge on any atom is -0.494 e. The summed E-state index contributed by atoms with van der Waals surface area (Å²) < 4.78 is 45.7. The number of hydrogen-bond donors (Lipinski definition) is 2. The first-order valence-electron chi connectivity index (χ1n) is 9.57. The van der Waals surface area contributed by atoms with Crippen LogP contribution in [0.25, 0.3) is 0 Å². The van der Waals surface area contributed by atoms with Gasteiger partial charge in [0, 0.05) is 32.2 Å². The Bertz CT molecular complexity index is 949. The van der Waals surface area contributed by atoms with E-state index in [9.17, 15) is 12.8 Å². The number of benzene rings is 1. The first-order valence-corrected chi connectivity index (χ1v) is 11.0. The highest BCUT2D eigenvalue weighted by molar-refractivity contribution is 7.89. The number of aromatic nitrogens is 2. The van der Waals surface area contributed by atoms with Crippen LogP contribution in [0.15, 0.2) is 29.2 Å². The summed E-state index contributed by atoms with van der Waals surface area (Å²) in [5, 5.41) is 3.12. The number of ether oxygens (including phenoxy) is 1. The van der Waals surface area contributed by atoms with Gasteiger partial charge in [-0.3, -0.25) is 0 Å². The van der Waals surface area contributed by atoms with Crippen molar-refractivity contribution in [1.82, 2.24) is 14.7 Å². The van der Waals surface area contributed by atoms with Gasteiger partial charge in [-0.2, -0.15) is 0 Å². The molecule has 0 aliphatic carbocycles. The molecule has 1 aromatic carbocycles. The molecule has 1 aliphatic rings. The highest BCUT2D eigenvalue weighted by atomic mass is 32.2. The predicted molar refractivity (Wildman–Crippen MR) is 109 cm³/mol. The second-order valence-electron chi connectivity index (χ2n) is 6.83. The number of sulfonamides is 1. The average Bonchev–Trinajstić information content (AvgIpc) is 2.71. The first kappa shape index (κ1) is 21.3. The Hall–Kier alpha value is -2.46. The van der Waals surface area contributed by atoms with Crippen molar-refractivity contribution in [2.45, 2.75) is 31.1 Å². The van der Waals surface area contributed by atoms with Gasteiger partial charge in [-0.15, -0.1) is 0 Å². The number of nitrogens with zero attached hydrogens (tertiary/aromatic N) is 3.